The summed E-state index contributed by atoms with van der Waals surface area (Å²) in [5.74, 6) is 0.712. The molecule has 0 aromatic heterocycles. The Kier molecular flexibility index (Phi) is 16.4. The van der Waals surface area contributed by atoms with Gasteiger partial charge >= 0.3 is 0 Å². The van der Waals surface area contributed by atoms with Crippen LogP contribution in [0, 0.1) is 0 Å². The standard InChI is InChI=1S/C25H36Cl2N4O3S2.O.Re/c1-29(34-2)25(33)24-19(17-4-6-20(26)21(27)14-17)15-18-5-7-22(24)31(18)10-3-9-30(11-13-36)16-23(32)28-8-12-35;;/h4,6,14,18,22,35-36H,3,5,7-13,15-16H2,1-2H3,(H,28,32);;/q;-2;/p-3. The van der Waals surface area contributed by atoms with Crippen LogP contribution in [0.2, 0.25) is 10.0 Å². The van der Waals surface area contributed by atoms with E-state index in [1.807, 2.05) is 12.1 Å². The topological polar surface area (TPSA) is 99.9 Å². The van der Waals surface area contributed by atoms with E-state index in [2.05, 4.69) is 14.8 Å². The van der Waals surface area contributed by atoms with Gasteiger partial charge in [0, 0.05) is 64.8 Å². The van der Waals surface area contributed by atoms with Gasteiger partial charge in [0.1, 0.15) is 0 Å². The molecule has 1 saturated heterocycles. The van der Waals surface area contributed by atoms with Gasteiger partial charge in [0.15, 0.2) is 0 Å². The normalized spacial score (nSPS) is 19.4. The van der Waals surface area contributed by atoms with Crippen LogP contribution in [0.3, 0.4) is 0 Å². The number of hydrogen-bond acceptors (Lipinski definition) is 8. The number of carbonyl (C=O) groups is 1. The predicted molar refractivity (Wildman–Crippen MR) is 150 cm³/mol. The van der Waals surface area contributed by atoms with E-state index in [-0.39, 0.29) is 50.3 Å². The number of fused-ring (bicyclic) bond motifs is 2. The molecule has 1 fully saturated rings. The fourth-order valence-corrected chi connectivity index (χ4v) is 5.77. The maximum absolute atomic E-state index is 13.5. The molecule has 2 bridgehead atoms. The number of carbonyl (C=O) groups excluding carboxylic acids is 1. The molecule has 1 radical (unpaired) electrons. The Morgan fingerprint density at radius 1 is 1.21 bits per heavy atom. The first-order chi connectivity index (χ1) is 17.3. The molecule has 0 aliphatic carbocycles. The minimum absolute atomic E-state index is 0. The average molecular weight is 775 g/mol. The number of hydrogen-bond donors (Lipinski definition) is 0. The number of likely N-dealkylation sites (N-methyl/N-ethyl adjacent to an activating group) is 1. The predicted octanol–water partition coefficient (Wildman–Crippen LogP) is 2.43. The molecule has 2 aliphatic rings. The van der Waals surface area contributed by atoms with Gasteiger partial charge in [-0.1, -0.05) is 29.3 Å². The Morgan fingerprint density at radius 2 is 1.95 bits per heavy atom. The molecular weight excluding hydrogens is 742 g/mol. The molecule has 2 aliphatic heterocycles. The molecule has 0 spiro atoms. The van der Waals surface area contributed by atoms with E-state index in [1.54, 1.807) is 13.1 Å². The van der Waals surface area contributed by atoms with Crippen molar-refractivity contribution in [3.8, 4) is 0 Å². The molecule has 2 unspecified atom stereocenters. The van der Waals surface area contributed by atoms with Crippen molar-refractivity contribution in [2.45, 2.75) is 37.8 Å². The third kappa shape index (κ3) is 9.10. The van der Waals surface area contributed by atoms with Crippen LogP contribution >= 0.6 is 23.2 Å². The van der Waals surface area contributed by atoms with Gasteiger partial charge in [0.25, 0.3) is 5.91 Å². The largest absolute Gasteiger partial charge is 2.00 e. The fraction of sp³-hybridized carbons (Fsp3) is 0.600. The molecule has 8 nitrogen and oxygen atoms in total. The second kappa shape index (κ2) is 17.5. The van der Waals surface area contributed by atoms with Crippen LogP contribution in [-0.4, -0.2) is 97.1 Å². The van der Waals surface area contributed by atoms with Crippen molar-refractivity contribution < 1.29 is 40.6 Å². The second-order valence-electron chi connectivity index (χ2n) is 9.01. The molecule has 2 atom stereocenters. The Bertz CT molecular complexity index is 989. The first kappa shape index (κ1) is 35.7. The number of aliphatic imine (C=N–C) groups is 1. The maximum atomic E-state index is 13.5. The number of rotatable bonds is 13. The van der Waals surface area contributed by atoms with E-state index in [0.717, 1.165) is 55.5 Å². The van der Waals surface area contributed by atoms with Crippen molar-refractivity contribution >= 4 is 65.8 Å². The van der Waals surface area contributed by atoms with E-state index in [4.69, 9.17) is 53.3 Å². The minimum atomic E-state index is -0.147. The van der Waals surface area contributed by atoms with Crippen LogP contribution in [0.5, 0.6) is 0 Å². The Labute approximate surface area is 260 Å². The summed E-state index contributed by atoms with van der Waals surface area (Å²) in [6.45, 7) is 2.88. The molecule has 13 heteroatoms. The molecule has 0 saturated carbocycles. The zero-order valence-corrected chi connectivity index (χ0v) is 27.4. The van der Waals surface area contributed by atoms with Crippen LogP contribution in [0.15, 0.2) is 28.8 Å². The summed E-state index contributed by atoms with van der Waals surface area (Å²) in [5.41, 5.74) is 2.69. The summed E-state index contributed by atoms with van der Waals surface area (Å²) in [5, 5.41) is 14.4. The van der Waals surface area contributed by atoms with E-state index < -0.39 is 0 Å². The van der Waals surface area contributed by atoms with Crippen molar-refractivity contribution in [1.29, 1.82) is 0 Å². The fourth-order valence-electron chi connectivity index (χ4n) is 5.12. The van der Waals surface area contributed by atoms with Gasteiger partial charge in [0.05, 0.1) is 17.2 Å². The van der Waals surface area contributed by atoms with Gasteiger partial charge < -0.3 is 45.7 Å². The first-order valence-electron chi connectivity index (χ1n) is 12.2. The molecule has 2 heterocycles. The number of hydroxylamine groups is 2. The molecular formula is C25H33Cl2N4O4ReS2-5. The van der Waals surface area contributed by atoms with Crippen molar-refractivity contribution in [2.24, 2.45) is 4.99 Å². The molecule has 1 aromatic rings. The monoisotopic (exact) mass is 774 g/mol. The summed E-state index contributed by atoms with van der Waals surface area (Å²) in [7, 11) is 3.12. The van der Waals surface area contributed by atoms with Gasteiger partial charge in [-0.3, -0.25) is 14.5 Å². The smallest absolute Gasteiger partial charge is 0.274 e. The van der Waals surface area contributed by atoms with E-state index in [9.17, 15) is 9.90 Å². The molecule has 1 amide bonds. The van der Waals surface area contributed by atoms with Crippen LogP contribution in [0.4, 0.5) is 0 Å². The SMILES string of the molecule is CON(C)C(=O)C1=C(c2ccc(Cl)c(Cl)c2)CC2CCC1N2CCCN(CC[S-])CC([O-])=NCC[S-].[O-2].[Re]. The number of nitrogens with zero attached hydrogens (tertiary/aromatic N) is 4. The average Bonchev–Trinajstić information content (AvgIpc) is 3.14. The van der Waals surface area contributed by atoms with E-state index in [1.165, 1.54) is 12.2 Å². The van der Waals surface area contributed by atoms with Gasteiger partial charge in [-0.15, -0.1) is 0 Å². The number of benzene rings is 1. The summed E-state index contributed by atoms with van der Waals surface area (Å²) in [6.07, 6.45) is 3.53. The summed E-state index contributed by atoms with van der Waals surface area (Å²) >= 11 is 22.5. The molecule has 3 rings (SSSR count). The third-order valence-corrected chi connectivity index (χ3v) is 7.94. The summed E-state index contributed by atoms with van der Waals surface area (Å²) in [4.78, 5) is 27.2. The van der Waals surface area contributed by atoms with E-state index in [0.29, 0.717) is 40.7 Å². The summed E-state index contributed by atoms with van der Waals surface area (Å²) < 4.78 is 0. The van der Waals surface area contributed by atoms with Gasteiger partial charge in [-0.05, 0) is 67.9 Å². The quantitative estimate of drug-likeness (QED) is 0.132. The van der Waals surface area contributed by atoms with Crippen molar-refractivity contribution in [3.63, 3.8) is 0 Å². The van der Waals surface area contributed by atoms with Crippen molar-refractivity contribution in [3.05, 3.63) is 39.4 Å². The molecule has 38 heavy (non-hydrogen) atoms. The Hall–Kier alpha value is -0.318. The molecule has 0 N–H and O–H groups in total. The molecule has 1 aromatic carbocycles. The number of halogens is 2. The van der Waals surface area contributed by atoms with Crippen molar-refractivity contribution in [2.75, 3.05) is 58.4 Å². The first-order valence-corrected chi connectivity index (χ1v) is 14.1. The van der Waals surface area contributed by atoms with Crippen LogP contribution in [0.25, 0.3) is 5.57 Å². The van der Waals surface area contributed by atoms with Crippen LogP contribution in [0.1, 0.15) is 31.2 Å². The van der Waals surface area contributed by atoms with Gasteiger partial charge in [-0.25, -0.2) is 5.06 Å². The minimum Gasteiger partial charge on any atom is -2.00 e. The second-order valence-corrected chi connectivity index (χ2v) is 10.6. The van der Waals surface area contributed by atoms with E-state index >= 15 is 0 Å². The molecule has 215 valence electrons. The Balaban J connectivity index is 0.00000361. The van der Waals surface area contributed by atoms with Gasteiger partial charge in [0.2, 0.25) is 0 Å². The van der Waals surface area contributed by atoms with Crippen LogP contribution < -0.4 is 5.11 Å². The van der Waals surface area contributed by atoms with Crippen LogP contribution in [-0.2, 0) is 60.8 Å². The van der Waals surface area contributed by atoms with Crippen molar-refractivity contribution in [1.82, 2.24) is 14.9 Å². The number of amides is 1. The third-order valence-electron chi connectivity index (χ3n) is 6.84. The van der Waals surface area contributed by atoms with Gasteiger partial charge in [-0.2, -0.15) is 11.5 Å². The maximum Gasteiger partial charge on any atom is 0.274 e. The summed E-state index contributed by atoms with van der Waals surface area (Å²) in [6, 6.07) is 5.88. The Morgan fingerprint density at radius 3 is 2.58 bits per heavy atom. The zero-order valence-electron chi connectivity index (χ0n) is 21.5. The zero-order chi connectivity index (χ0) is 26.2.